The molecule has 2 aromatic carbocycles. The maximum Gasteiger partial charge on any atom is 0.408 e. The van der Waals surface area contributed by atoms with E-state index in [1.807, 2.05) is 89.2 Å². The Labute approximate surface area is 301 Å². The first-order valence-electron chi connectivity index (χ1n) is 18.2. The number of rotatable bonds is 21. The van der Waals surface area contributed by atoms with Crippen LogP contribution >= 0.6 is 0 Å². The molecule has 0 fully saturated rings. The number of ether oxygens (including phenoxy) is 1. The van der Waals surface area contributed by atoms with E-state index < -0.39 is 54.1 Å². The number of carbonyl (C=O) groups excluding carboxylic acids is 4. The lowest BCUT2D eigenvalue weighted by Crippen LogP contribution is -2.57. The van der Waals surface area contributed by atoms with Gasteiger partial charge in [-0.2, -0.15) is 0 Å². The number of alkyl carbamates (subject to hydrolysis) is 1. The van der Waals surface area contributed by atoms with Gasteiger partial charge in [0.05, 0.1) is 31.2 Å². The third-order valence-corrected chi connectivity index (χ3v) is 9.19. The van der Waals surface area contributed by atoms with Crippen LogP contribution in [0.4, 0.5) is 4.79 Å². The minimum Gasteiger partial charge on any atom is -0.445 e. The molecule has 0 radical (unpaired) electrons. The summed E-state index contributed by atoms with van der Waals surface area (Å²) in [5.74, 6) is -1.36. The van der Waals surface area contributed by atoms with E-state index in [2.05, 4.69) is 26.3 Å². The van der Waals surface area contributed by atoms with Crippen molar-refractivity contribution in [3.63, 3.8) is 0 Å². The van der Waals surface area contributed by atoms with Gasteiger partial charge in [-0.15, -0.1) is 0 Å². The Morgan fingerprint density at radius 1 is 0.843 bits per heavy atom. The van der Waals surface area contributed by atoms with Crippen molar-refractivity contribution in [3.05, 3.63) is 71.9 Å². The fourth-order valence-corrected chi connectivity index (χ4v) is 5.94. The highest BCUT2D eigenvalue weighted by Gasteiger charge is 2.32. The molecular weight excluding hydrogens is 650 g/mol. The number of fused-ring (bicyclic) bond motifs is 1. The molecule has 3 aromatic rings. The first-order chi connectivity index (χ1) is 24.4. The molecule has 1 aromatic heterocycles. The number of benzene rings is 2. The van der Waals surface area contributed by atoms with Gasteiger partial charge in [0.25, 0.3) is 0 Å². The Hall–Kier alpha value is -4.42. The van der Waals surface area contributed by atoms with Gasteiger partial charge >= 0.3 is 6.09 Å². The predicted octanol–water partition coefficient (Wildman–Crippen LogP) is 4.49. The lowest BCUT2D eigenvalue weighted by atomic mass is 9.95. The summed E-state index contributed by atoms with van der Waals surface area (Å²) in [6.45, 7) is 9.57. The summed E-state index contributed by atoms with van der Waals surface area (Å²) in [4.78, 5) is 56.8. The zero-order valence-corrected chi connectivity index (χ0v) is 30.6. The molecule has 0 bridgehead atoms. The van der Waals surface area contributed by atoms with Crippen LogP contribution in [0.5, 0.6) is 0 Å². The highest BCUT2D eigenvalue weighted by atomic mass is 16.5. The van der Waals surface area contributed by atoms with Crippen LogP contribution in [0.25, 0.3) is 10.9 Å². The number of amides is 4. The summed E-state index contributed by atoms with van der Waals surface area (Å²) in [6, 6.07) is 13.6. The van der Waals surface area contributed by atoms with Crippen molar-refractivity contribution in [2.24, 2.45) is 11.8 Å². The number of para-hydroxylation sites is 1. The number of nitrogens with one attached hydrogen (secondary N) is 5. The zero-order valence-electron chi connectivity index (χ0n) is 30.6. The number of unbranched alkanes of at least 4 members (excludes halogenated alkanes) is 1. The molecule has 1 heterocycles. The van der Waals surface area contributed by atoms with Crippen molar-refractivity contribution in [1.82, 2.24) is 26.3 Å². The Morgan fingerprint density at radius 3 is 2.20 bits per heavy atom. The first kappa shape index (κ1) is 41.0. The monoisotopic (exact) mass is 707 g/mol. The normalized spacial score (nSPS) is 14.9. The average Bonchev–Trinajstić information content (AvgIpc) is 3.53. The van der Waals surface area contributed by atoms with E-state index in [-0.39, 0.29) is 37.9 Å². The fraction of sp³-hybridized carbons (Fsp3) is 0.538. The van der Waals surface area contributed by atoms with Gasteiger partial charge in [-0.05, 0) is 41.9 Å². The molecule has 4 amide bonds. The van der Waals surface area contributed by atoms with E-state index in [1.165, 1.54) is 0 Å². The minimum atomic E-state index is -1.20. The van der Waals surface area contributed by atoms with Crippen LogP contribution in [0.15, 0.2) is 60.8 Å². The summed E-state index contributed by atoms with van der Waals surface area (Å²) in [5.41, 5.74) is 2.48. The van der Waals surface area contributed by atoms with Gasteiger partial charge in [-0.1, -0.05) is 102 Å². The highest BCUT2D eigenvalue weighted by Crippen LogP contribution is 2.20. The molecule has 280 valence electrons. The maximum absolute atomic E-state index is 14.0. The van der Waals surface area contributed by atoms with Crippen LogP contribution in [0, 0.1) is 11.8 Å². The molecule has 3 rings (SSSR count). The lowest BCUT2D eigenvalue weighted by molar-refractivity contribution is -0.131. The van der Waals surface area contributed by atoms with Gasteiger partial charge in [0.15, 0.2) is 0 Å². The molecule has 0 aliphatic heterocycles. The number of aliphatic hydroxyl groups is 2. The fourth-order valence-electron chi connectivity index (χ4n) is 5.94. The van der Waals surface area contributed by atoms with E-state index in [0.29, 0.717) is 19.3 Å². The second-order valence-corrected chi connectivity index (χ2v) is 13.8. The van der Waals surface area contributed by atoms with Crippen molar-refractivity contribution in [1.29, 1.82) is 0 Å². The first-order valence-corrected chi connectivity index (χ1v) is 18.2. The summed E-state index contributed by atoms with van der Waals surface area (Å²) >= 11 is 0. The SMILES string of the molecule is CCCC[C@H](NC(=O)[C@H](Cc1c[nH]c2ccccc12)NC(=O)OCc1ccccc1)C(=O)NC(CC(C)C)C(O)CC(=O)N[C@H](CO)C(C)CC. The van der Waals surface area contributed by atoms with E-state index in [0.717, 1.165) is 34.9 Å². The Morgan fingerprint density at radius 2 is 1.53 bits per heavy atom. The number of aliphatic hydroxyl groups excluding tert-OH is 2. The van der Waals surface area contributed by atoms with Crippen molar-refractivity contribution in [3.8, 4) is 0 Å². The lowest BCUT2D eigenvalue weighted by Gasteiger charge is -2.29. The molecule has 6 atom stereocenters. The number of carbonyl (C=O) groups is 4. The Kier molecular flexibility index (Phi) is 16.9. The molecule has 3 unspecified atom stereocenters. The largest absolute Gasteiger partial charge is 0.445 e. The number of aromatic nitrogens is 1. The molecule has 12 nitrogen and oxygen atoms in total. The van der Waals surface area contributed by atoms with Gasteiger partial charge < -0.3 is 41.2 Å². The summed E-state index contributed by atoms with van der Waals surface area (Å²) in [5, 5.41) is 33.1. The van der Waals surface area contributed by atoms with E-state index in [9.17, 15) is 29.4 Å². The molecule has 0 spiro atoms. The van der Waals surface area contributed by atoms with Gasteiger partial charge in [-0.25, -0.2) is 4.79 Å². The van der Waals surface area contributed by atoms with Crippen LogP contribution in [0.2, 0.25) is 0 Å². The molecule has 0 saturated heterocycles. The zero-order chi connectivity index (χ0) is 37.3. The van der Waals surface area contributed by atoms with Crippen LogP contribution in [0.3, 0.4) is 0 Å². The summed E-state index contributed by atoms with van der Waals surface area (Å²) in [7, 11) is 0. The second kappa shape index (κ2) is 21.1. The summed E-state index contributed by atoms with van der Waals surface area (Å²) in [6.07, 6.45) is 2.56. The maximum atomic E-state index is 14.0. The topological polar surface area (TPSA) is 182 Å². The van der Waals surface area contributed by atoms with Crippen molar-refractivity contribution in [2.45, 2.75) is 116 Å². The van der Waals surface area contributed by atoms with E-state index in [1.54, 1.807) is 6.20 Å². The standard InChI is InChI=1S/C39H57N5O7/c1-6-8-17-31(37(48)43-32(19-25(3)4)35(46)21-36(47)41-34(23-45)26(5)7-2)42-38(49)33(20-28-22-40-30-18-13-12-16-29(28)30)44-39(50)51-24-27-14-10-9-11-15-27/h9-16,18,22,25-26,31-35,40,45-46H,6-8,17,19-21,23-24H2,1-5H3,(H,41,47)(H,42,49)(H,43,48)(H,44,50)/t26?,31-,32?,33-,34+,35?/m0/s1. The van der Waals surface area contributed by atoms with Gasteiger partial charge in [-0.3, -0.25) is 14.4 Å². The smallest absolute Gasteiger partial charge is 0.408 e. The molecule has 12 heteroatoms. The average molecular weight is 708 g/mol. The highest BCUT2D eigenvalue weighted by molar-refractivity contribution is 5.92. The van der Waals surface area contributed by atoms with Gasteiger partial charge in [0.2, 0.25) is 17.7 Å². The minimum absolute atomic E-state index is 0.0193. The Balaban J connectivity index is 1.77. The third-order valence-electron chi connectivity index (χ3n) is 9.19. The predicted molar refractivity (Wildman–Crippen MR) is 197 cm³/mol. The molecular formula is C39H57N5O7. The molecule has 0 aliphatic carbocycles. The van der Waals surface area contributed by atoms with Crippen LogP contribution in [-0.2, 0) is 32.1 Å². The van der Waals surface area contributed by atoms with Crippen molar-refractivity contribution >= 4 is 34.7 Å². The van der Waals surface area contributed by atoms with Gasteiger partial charge in [0.1, 0.15) is 18.7 Å². The van der Waals surface area contributed by atoms with Crippen molar-refractivity contribution in [2.75, 3.05) is 6.61 Å². The molecule has 51 heavy (non-hydrogen) atoms. The summed E-state index contributed by atoms with van der Waals surface area (Å²) < 4.78 is 5.44. The number of hydrogen-bond donors (Lipinski definition) is 7. The van der Waals surface area contributed by atoms with E-state index in [4.69, 9.17) is 4.74 Å². The molecule has 0 aliphatic rings. The second-order valence-electron chi connectivity index (χ2n) is 13.8. The Bertz CT molecular complexity index is 1530. The third kappa shape index (κ3) is 13.3. The van der Waals surface area contributed by atoms with Crippen LogP contribution in [0.1, 0.15) is 84.3 Å². The van der Waals surface area contributed by atoms with Crippen LogP contribution < -0.4 is 21.3 Å². The number of aromatic amines is 1. The molecule has 0 saturated carbocycles. The van der Waals surface area contributed by atoms with Gasteiger partial charge in [0, 0.05) is 23.5 Å². The number of H-pyrrole nitrogens is 1. The number of hydrogen-bond acceptors (Lipinski definition) is 7. The van der Waals surface area contributed by atoms with Crippen LogP contribution in [-0.4, -0.2) is 75.9 Å². The molecule has 7 N–H and O–H groups in total. The quantitative estimate of drug-likeness (QED) is 0.0852. The van der Waals surface area contributed by atoms with Crippen molar-refractivity contribution < 1.29 is 34.1 Å². The van der Waals surface area contributed by atoms with E-state index >= 15 is 0 Å².